The van der Waals surface area contributed by atoms with E-state index in [-0.39, 0.29) is 18.5 Å². The zero-order valence-electron chi connectivity index (χ0n) is 26.6. The summed E-state index contributed by atoms with van der Waals surface area (Å²) in [6, 6.07) is 0. The summed E-state index contributed by atoms with van der Waals surface area (Å²) in [6.07, 6.45) is 43.7. The van der Waals surface area contributed by atoms with Crippen molar-refractivity contribution in [2.45, 2.75) is 161 Å². The number of hydrogen-bond donors (Lipinski definition) is 1. The van der Waals surface area contributed by atoms with Crippen LogP contribution in [0.25, 0.3) is 0 Å². The molecule has 4 heteroatoms. The van der Waals surface area contributed by atoms with Crippen LogP contribution in [-0.2, 0) is 14.3 Å². The minimum absolute atomic E-state index is 0.0141. The van der Waals surface area contributed by atoms with Gasteiger partial charge >= 0.3 is 11.9 Å². The van der Waals surface area contributed by atoms with Gasteiger partial charge in [-0.15, -0.1) is 0 Å². The normalized spacial score (nSPS) is 13.0. The second-order valence-electron chi connectivity index (χ2n) is 11.0. The van der Waals surface area contributed by atoms with Gasteiger partial charge in [0, 0.05) is 12.8 Å². The SMILES string of the molecule is CC/C=C\C/C=C\C/C=C\C/C=C\C/C=C\CCCCCC(=O)OC(CCCCCCCC)CCCCCC(=O)O. The first-order valence-corrected chi connectivity index (χ1v) is 16.8. The third kappa shape index (κ3) is 32.0. The molecule has 1 unspecified atom stereocenters. The number of esters is 1. The maximum absolute atomic E-state index is 12.5. The molecule has 0 aromatic heterocycles. The third-order valence-electron chi connectivity index (χ3n) is 7.00. The first-order chi connectivity index (χ1) is 20.1. The highest BCUT2D eigenvalue weighted by Crippen LogP contribution is 2.17. The Kier molecular flexibility index (Phi) is 30.3. The monoisotopic (exact) mass is 570 g/mol. The summed E-state index contributed by atoms with van der Waals surface area (Å²) in [5.74, 6) is -0.803. The third-order valence-corrected chi connectivity index (χ3v) is 7.00. The maximum atomic E-state index is 12.5. The summed E-state index contributed by atoms with van der Waals surface area (Å²) in [6.45, 7) is 4.38. The number of carbonyl (C=O) groups is 2. The van der Waals surface area contributed by atoms with Crippen LogP contribution < -0.4 is 0 Å². The molecule has 234 valence electrons. The molecule has 0 fully saturated rings. The van der Waals surface area contributed by atoms with Crippen LogP contribution in [0.2, 0.25) is 0 Å². The van der Waals surface area contributed by atoms with E-state index in [2.05, 4.69) is 74.6 Å². The zero-order chi connectivity index (χ0) is 30.1. The number of ether oxygens (including phenoxy) is 1. The number of rotatable bonds is 29. The Hall–Kier alpha value is -2.36. The molecule has 0 spiro atoms. The molecule has 41 heavy (non-hydrogen) atoms. The number of unbranched alkanes of at least 4 members (excludes halogenated alkanes) is 10. The van der Waals surface area contributed by atoms with Gasteiger partial charge in [0.25, 0.3) is 0 Å². The van der Waals surface area contributed by atoms with Crippen molar-refractivity contribution in [1.82, 2.24) is 0 Å². The molecule has 0 saturated heterocycles. The molecule has 0 aliphatic heterocycles. The van der Waals surface area contributed by atoms with Crippen molar-refractivity contribution in [2.75, 3.05) is 0 Å². The number of hydrogen-bond acceptors (Lipinski definition) is 3. The first-order valence-electron chi connectivity index (χ1n) is 16.8. The predicted molar refractivity (Wildman–Crippen MR) is 176 cm³/mol. The van der Waals surface area contributed by atoms with Gasteiger partial charge in [-0.25, -0.2) is 0 Å². The highest BCUT2D eigenvalue weighted by Gasteiger charge is 2.14. The molecular weight excluding hydrogens is 508 g/mol. The average molecular weight is 571 g/mol. The lowest BCUT2D eigenvalue weighted by Gasteiger charge is -2.18. The zero-order valence-corrected chi connectivity index (χ0v) is 26.6. The van der Waals surface area contributed by atoms with Crippen LogP contribution in [0.3, 0.4) is 0 Å². The van der Waals surface area contributed by atoms with Crippen LogP contribution in [0.4, 0.5) is 0 Å². The van der Waals surface area contributed by atoms with E-state index in [9.17, 15) is 9.59 Å². The standard InChI is InChI=1S/C37H62O4/c1-3-5-7-9-11-12-13-14-15-16-17-18-19-20-21-22-23-25-30-34-37(40)41-35(31-27-24-10-8-6-4-2)32-28-26-29-33-36(38)39/h5,7,11-12,14-15,17-18,20-21,35H,3-4,6,8-10,13,16,19,22-34H2,1-2H3,(H,38,39)/b7-5-,12-11-,15-14-,18-17-,21-20-. The Balaban J connectivity index is 3.96. The van der Waals surface area contributed by atoms with Crippen molar-refractivity contribution in [3.8, 4) is 0 Å². The Morgan fingerprint density at radius 2 is 1.02 bits per heavy atom. The van der Waals surface area contributed by atoms with E-state index in [0.717, 1.165) is 89.9 Å². The minimum Gasteiger partial charge on any atom is -0.481 e. The van der Waals surface area contributed by atoms with Gasteiger partial charge in [-0.2, -0.15) is 0 Å². The van der Waals surface area contributed by atoms with Crippen LogP contribution in [0.5, 0.6) is 0 Å². The summed E-state index contributed by atoms with van der Waals surface area (Å²) < 4.78 is 5.86. The van der Waals surface area contributed by atoms with Gasteiger partial charge in [0.2, 0.25) is 0 Å². The second kappa shape index (κ2) is 32.2. The first kappa shape index (κ1) is 38.6. The summed E-state index contributed by atoms with van der Waals surface area (Å²) in [5.41, 5.74) is 0. The predicted octanol–water partition coefficient (Wildman–Crippen LogP) is 11.4. The summed E-state index contributed by atoms with van der Waals surface area (Å²) >= 11 is 0. The van der Waals surface area contributed by atoms with E-state index < -0.39 is 5.97 Å². The largest absolute Gasteiger partial charge is 0.481 e. The lowest BCUT2D eigenvalue weighted by atomic mass is 10.0. The van der Waals surface area contributed by atoms with E-state index in [4.69, 9.17) is 9.84 Å². The number of carbonyl (C=O) groups excluding carboxylic acids is 1. The van der Waals surface area contributed by atoms with Crippen LogP contribution in [0.1, 0.15) is 155 Å². The van der Waals surface area contributed by atoms with Gasteiger partial charge in [0.05, 0.1) is 0 Å². The van der Waals surface area contributed by atoms with Gasteiger partial charge in [-0.1, -0.05) is 120 Å². The summed E-state index contributed by atoms with van der Waals surface area (Å²) in [5, 5.41) is 8.82. The molecule has 0 bridgehead atoms. The molecule has 1 N–H and O–H groups in total. The summed E-state index contributed by atoms with van der Waals surface area (Å²) in [4.78, 5) is 23.2. The smallest absolute Gasteiger partial charge is 0.306 e. The fourth-order valence-corrected chi connectivity index (χ4v) is 4.56. The lowest BCUT2D eigenvalue weighted by Crippen LogP contribution is -2.18. The number of allylic oxidation sites excluding steroid dienone is 10. The number of carboxylic acids is 1. The van der Waals surface area contributed by atoms with Crippen LogP contribution in [0.15, 0.2) is 60.8 Å². The molecule has 0 aromatic rings. The number of carboxylic acid groups (broad SMARTS) is 1. The van der Waals surface area contributed by atoms with Crippen molar-refractivity contribution in [2.24, 2.45) is 0 Å². The van der Waals surface area contributed by atoms with Gasteiger partial charge in [-0.3, -0.25) is 9.59 Å². The molecule has 4 nitrogen and oxygen atoms in total. The quantitative estimate of drug-likeness (QED) is 0.0552. The molecule has 0 aromatic carbocycles. The van der Waals surface area contributed by atoms with Crippen molar-refractivity contribution >= 4 is 11.9 Å². The van der Waals surface area contributed by atoms with Crippen molar-refractivity contribution in [1.29, 1.82) is 0 Å². The Morgan fingerprint density at radius 3 is 1.59 bits per heavy atom. The minimum atomic E-state index is -0.735. The highest BCUT2D eigenvalue weighted by molar-refractivity contribution is 5.69. The van der Waals surface area contributed by atoms with Crippen LogP contribution in [-0.4, -0.2) is 23.1 Å². The van der Waals surface area contributed by atoms with Gasteiger partial charge < -0.3 is 9.84 Å². The Morgan fingerprint density at radius 1 is 0.561 bits per heavy atom. The summed E-state index contributed by atoms with van der Waals surface area (Å²) in [7, 11) is 0. The molecular formula is C37H62O4. The van der Waals surface area contributed by atoms with Crippen LogP contribution in [0, 0.1) is 0 Å². The van der Waals surface area contributed by atoms with Gasteiger partial charge in [-0.05, 0) is 83.5 Å². The van der Waals surface area contributed by atoms with E-state index in [1.54, 1.807) is 0 Å². The molecule has 0 saturated carbocycles. The molecule has 0 rings (SSSR count). The van der Waals surface area contributed by atoms with Crippen molar-refractivity contribution < 1.29 is 19.4 Å². The molecule has 1 atom stereocenters. The lowest BCUT2D eigenvalue weighted by molar-refractivity contribution is -0.150. The topological polar surface area (TPSA) is 63.6 Å². The van der Waals surface area contributed by atoms with Crippen LogP contribution >= 0.6 is 0 Å². The fourth-order valence-electron chi connectivity index (χ4n) is 4.56. The Bertz CT molecular complexity index is 744. The molecule has 0 amide bonds. The van der Waals surface area contributed by atoms with Crippen molar-refractivity contribution in [3.63, 3.8) is 0 Å². The highest BCUT2D eigenvalue weighted by atomic mass is 16.5. The van der Waals surface area contributed by atoms with Crippen molar-refractivity contribution in [3.05, 3.63) is 60.8 Å². The molecule has 0 heterocycles. The maximum Gasteiger partial charge on any atom is 0.306 e. The van der Waals surface area contributed by atoms with E-state index in [0.29, 0.717) is 12.8 Å². The molecule has 0 radical (unpaired) electrons. The second-order valence-corrected chi connectivity index (χ2v) is 11.0. The fraction of sp³-hybridized carbons (Fsp3) is 0.676. The number of aliphatic carboxylic acids is 1. The molecule has 0 aliphatic rings. The van der Waals surface area contributed by atoms with E-state index in [1.165, 1.54) is 32.1 Å². The Labute approximate surface area is 253 Å². The van der Waals surface area contributed by atoms with E-state index in [1.807, 2.05) is 0 Å². The molecule has 0 aliphatic carbocycles. The van der Waals surface area contributed by atoms with Gasteiger partial charge in [0.15, 0.2) is 0 Å². The average Bonchev–Trinajstić information content (AvgIpc) is 2.95. The van der Waals surface area contributed by atoms with Gasteiger partial charge in [0.1, 0.15) is 6.10 Å². The van der Waals surface area contributed by atoms with E-state index >= 15 is 0 Å².